The number of benzene rings is 1. The summed E-state index contributed by atoms with van der Waals surface area (Å²) in [4.78, 5) is 1.49. The Morgan fingerprint density at radius 3 is 2.89 bits per heavy atom. The Bertz CT molecular complexity index is 518. The van der Waals surface area contributed by atoms with Crippen molar-refractivity contribution in [2.24, 2.45) is 5.92 Å². The molecule has 3 rings (SSSR count). The Kier molecular flexibility index (Phi) is 4.24. The molecule has 1 aromatic carbocycles. The van der Waals surface area contributed by atoms with Crippen molar-refractivity contribution >= 4 is 22.9 Å². The van der Waals surface area contributed by atoms with Crippen molar-refractivity contribution < 1.29 is 0 Å². The Hall–Kier alpha value is -0.790. The van der Waals surface area contributed by atoms with Crippen LogP contribution in [0.1, 0.15) is 40.6 Å². The average Bonchev–Trinajstić information content (AvgIpc) is 2.90. The molecule has 0 aliphatic heterocycles. The maximum Gasteiger partial charge on any atom is 0.0616 e. The number of rotatable bonds is 3. The molecule has 0 radical (unpaired) electrons. The van der Waals surface area contributed by atoms with E-state index in [0.717, 1.165) is 0 Å². The van der Waals surface area contributed by atoms with Gasteiger partial charge in [-0.3, -0.25) is 0 Å². The van der Waals surface area contributed by atoms with Crippen molar-refractivity contribution in [3.05, 3.63) is 57.8 Å². The molecule has 1 aromatic heterocycles. The zero-order valence-corrected chi connectivity index (χ0v) is 12.6. The standard InChI is InChI=1S/C17H19ClS/c18-17-14(10-11-15-8-4-12-19-15)7-3-6-13-5-1-2-9-16(13)17/h1-2,4-5,8-9,12,14,17H,3,6-7,10-11H2. The van der Waals surface area contributed by atoms with Crippen molar-refractivity contribution in [2.75, 3.05) is 0 Å². The van der Waals surface area contributed by atoms with Gasteiger partial charge in [0.05, 0.1) is 5.38 Å². The van der Waals surface area contributed by atoms with E-state index in [0.29, 0.717) is 5.92 Å². The average molecular weight is 291 g/mol. The molecule has 0 fully saturated rings. The van der Waals surface area contributed by atoms with Gasteiger partial charge in [0.1, 0.15) is 0 Å². The summed E-state index contributed by atoms with van der Waals surface area (Å²) in [7, 11) is 0. The van der Waals surface area contributed by atoms with Gasteiger partial charge in [0.25, 0.3) is 0 Å². The van der Waals surface area contributed by atoms with Crippen molar-refractivity contribution in [3.8, 4) is 0 Å². The monoisotopic (exact) mass is 290 g/mol. The molecule has 1 heterocycles. The normalized spacial score (nSPS) is 22.8. The second-order valence-electron chi connectivity index (χ2n) is 5.37. The van der Waals surface area contributed by atoms with E-state index in [2.05, 4.69) is 41.8 Å². The number of fused-ring (bicyclic) bond motifs is 1. The second kappa shape index (κ2) is 6.11. The quantitative estimate of drug-likeness (QED) is 0.509. The molecule has 2 unspecified atom stereocenters. The number of thiophene rings is 1. The Balaban J connectivity index is 1.72. The van der Waals surface area contributed by atoms with E-state index >= 15 is 0 Å². The van der Waals surface area contributed by atoms with Gasteiger partial charge >= 0.3 is 0 Å². The lowest BCUT2D eigenvalue weighted by molar-refractivity contribution is 0.436. The third-order valence-corrected chi connectivity index (χ3v) is 5.66. The molecular weight excluding hydrogens is 272 g/mol. The van der Waals surface area contributed by atoms with Gasteiger partial charge in [0, 0.05) is 4.88 Å². The third kappa shape index (κ3) is 3.04. The first kappa shape index (κ1) is 13.2. The van der Waals surface area contributed by atoms with E-state index < -0.39 is 0 Å². The van der Waals surface area contributed by atoms with E-state index in [-0.39, 0.29) is 5.38 Å². The summed E-state index contributed by atoms with van der Waals surface area (Å²) in [5.41, 5.74) is 2.83. The van der Waals surface area contributed by atoms with E-state index in [4.69, 9.17) is 11.6 Å². The minimum Gasteiger partial charge on any atom is -0.149 e. The van der Waals surface area contributed by atoms with Crippen molar-refractivity contribution in [2.45, 2.75) is 37.5 Å². The number of hydrogen-bond acceptors (Lipinski definition) is 1. The summed E-state index contributed by atoms with van der Waals surface area (Å²) in [6, 6.07) is 13.1. The first-order valence-electron chi connectivity index (χ1n) is 7.09. The van der Waals surface area contributed by atoms with Crippen LogP contribution in [-0.2, 0) is 12.8 Å². The van der Waals surface area contributed by atoms with Gasteiger partial charge in [0.15, 0.2) is 0 Å². The summed E-state index contributed by atoms with van der Waals surface area (Å²) < 4.78 is 0. The highest BCUT2D eigenvalue weighted by Gasteiger charge is 2.25. The largest absolute Gasteiger partial charge is 0.149 e. The smallest absolute Gasteiger partial charge is 0.0616 e. The van der Waals surface area contributed by atoms with Crippen molar-refractivity contribution in [3.63, 3.8) is 0 Å². The molecule has 0 amide bonds. The molecule has 0 N–H and O–H groups in total. The zero-order valence-electron chi connectivity index (χ0n) is 11.0. The predicted molar refractivity (Wildman–Crippen MR) is 84.1 cm³/mol. The lowest BCUT2D eigenvalue weighted by Crippen LogP contribution is -2.08. The Labute approximate surface area is 124 Å². The molecule has 19 heavy (non-hydrogen) atoms. The van der Waals surface area contributed by atoms with Crippen LogP contribution in [0.4, 0.5) is 0 Å². The number of halogens is 1. The fourth-order valence-corrected chi connectivity index (χ4v) is 4.25. The molecule has 0 spiro atoms. The SMILES string of the molecule is ClC1c2ccccc2CCCC1CCc1cccs1. The zero-order chi connectivity index (χ0) is 13.1. The van der Waals surface area contributed by atoms with Gasteiger partial charge in [-0.2, -0.15) is 0 Å². The lowest BCUT2D eigenvalue weighted by atomic mass is 9.92. The van der Waals surface area contributed by atoms with Crippen LogP contribution in [0.25, 0.3) is 0 Å². The Morgan fingerprint density at radius 1 is 1.16 bits per heavy atom. The molecular formula is C17H19ClS. The predicted octanol–water partition coefficient (Wildman–Crippen LogP) is 5.61. The molecule has 1 aliphatic rings. The van der Waals surface area contributed by atoms with Gasteiger partial charge in [0.2, 0.25) is 0 Å². The first-order chi connectivity index (χ1) is 9.34. The van der Waals surface area contributed by atoms with Crippen LogP contribution >= 0.6 is 22.9 Å². The van der Waals surface area contributed by atoms with E-state index in [1.165, 1.54) is 48.1 Å². The maximum atomic E-state index is 6.76. The minimum absolute atomic E-state index is 0.193. The van der Waals surface area contributed by atoms with Crippen molar-refractivity contribution in [1.29, 1.82) is 0 Å². The maximum absolute atomic E-state index is 6.76. The fraction of sp³-hybridized carbons (Fsp3) is 0.412. The highest BCUT2D eigenvalue weighted by molar-refractivity contribution is 7.09. The number of aryl methyl sites for hydroxylation is 2. The summed E-state index contributed by atoms with van der Waals surface area (Å²) in [6.45, 7) is 0. The summed E-state index contributed by atoms with van der Waals surface area (Å²) in [5, 5.41) is 2.36. The molecule has 100 valence electrons. The topological polar surface area (TPSA) is 0 Å². The van der Waals surface area contributed by atoms with E-state index in [1.54, 1.807) is 0 Å². The van der Waals surface area contributed by atoms with Crippen LogP contribution in [0.2, 0.25) is 0 Å². The molecule has 0 nitrogen and oxygen atoms in total. The molecule has 0 bridgehead atoms. The fourth-order valence-electron chi connectivity index (χ4n) is 3.06. The third-order valence-electron chi connectivity index (χ3n) is 4.13. The van der Waals surface area contributed by atoms with Gasteiger partial charge in [-0.15, -0.1) is 22.9 Å². The van der Waals surface area contributed by atoms with Gasteiger partial charge < -0.3 is 0 Å². The van der Waals surface area contributed by atoms with Crippen LogP contribution in [0.5, 0.6) is 0 Å². The second-order valence-corrected chi connectivity index (χ2v) is 6.87. The molecule has 0 saturated heterocycles. The van der Waals surface area contributed by atoms with Crippen LogP contribution in [0.15, 0.2) is 41.8 Å². The summed E-state index contributed by atoms with van der Waals surface area (Å²) in [5.74, 6) is 0.618. The molecule has 2 aromatic rings. The van der Waals surface area contributed by atoms with E-state index in [9.17, 15) is 0 Å². The molecule has 2 heteroatoms. The molecule has 1 aliphatic carbocycles. The number of hydrogen-bond donors (Lipinski definition) is 0. The highest BCUT2D eigenvalue weighted by atomic mass is 35.5. The number of alkyl halides is 1. The van der Waals surface area contributed by atoms with Crippen molar-refractivity contribution in [1.82, 2.24) is 0 Å². The van der Waals surface area contributed by atoms with E-state index in [1.807, 2.05) is 11.3 Å². The molecule has 2 atom stereocenters. The summed E-state index contributed by atoms with van der Waals surface area (Å²) in [6.07, 6.45) is 6.11. The van der Waals surface area contributed by atoms with Gasteiger partial charge in [-0.1, -0.05) is 30.3 Å². The van der Waals surface area contributed by atoms with Gasteiger partial charge in [-0.25, -0.2) is 0 Å². The van der Waals surface area contributed by atoms with Crippen LogP contribution < -0.4 is 0 Å². The minimum atomic E-state index is 0.193. The molecule has 0 saturated carbocycles. The first-order valence-corrected chi connectivity index (χ1v) is 8.40. The van der Waals surface area contributed by atoms with Crippen LogP contribution in [0.3, 0.4) is 0 Å². The van der Waals surface area contributed by atoms with Crippen LogP contribution in [-0.4, -0.2) is 0 Å². The van der Waals surface area contributed by atoms with Gasteiger partial charge in [-0.05, 0) is 60.6 Å². The van der Waals surface area contributed by atoms with Crippen LogP contribution in [0, 0.1) is 5.92 Å². The summed E-state index contributed by atoms with van der Waals surface area (Å²) >= 11 is 8.62. The highest BCUT2D eigenvalue weighted by Crippen LogP contribution is 2.40. The lowest BCUT2D eigenvalue weighted by Gasteiger charge is -2.20. The Morgan fingerprint density at radius 2 is 2.05 bits per heavy atom.